The number of fused-ring (bicyclic) bond motifs is 1. The summed E-state index contributed by atoms with van der Waals surface area (Å²) in [5, 5.41) is 2.92. The van der Waals surface area contributed by atoms with Gasteiger partial charge in [0.15, 0.2) is 0 Å². The van der Waals surface area contributed by atoms with Crippen molar-refractivity contribution in [2.24, 2.45) is 5.84 Å². The number of sulfonamides is 1. The fraction of sp³-hybridized carbons (Fsp3) is 0.455. The highest BCUT2D eigenvalue weighted by atomic mass is 32.2. The molecule has 1 aliphatic heterocycles. The molecule has 3 N–H and O–H groups in total. The van der Waals surface area contributed by atoms with Gasteiger partial charge in [0, 0.05) is 26.2 Å². The molecule has 0 radical (unpaired) electrons. The number of piperazine rings is 1. The molecular weight excluding hydrogens is 312 g/mol. The Morgan fingerprint density at radius 2 is 2.00 bits per heavy atom. The van der Waals surface area contributed by atoms with Crippen molar-refractivity contribution in [3.8, 4) is 0 Å². The van der Waals surface area contributed by atoms with E-state index in [2.05, 4.69) is 20.3 Å². The van der Waals surface area contributed by atoms with Gasteiger partial charge in [-0.05, 0) is 11.4 Å². The predicted octanol–water partition coefficient (Wildman–Crippen LogP) is 0.0585. The summed E-state index contributed by atoms with van der Waals surface area (Å²) in [5.41, 5.74) is 2.47. The maximum atomic E-state index is 11.6. The van der Waals surface area contributed by atoms with Crippen LogP contribution >= 0.6 is 11.3 Å². The van der Waals surface area contributed by atoms with E-state index in [1.807, 2.05) is 11.4 Å². The van der Waals surface area contributed by atoms with Gasteiger partial charge in [-0.15, -0.1) is 11.3 Å². The molecule has 1 aliphatic rings. The molecule has 2 aromatic rings. The molecule has 21 heavy (non-hydrogen) atoms. The van der Waals surface area contributed by atoms with E-state index < -0.39 is 10.0 Å². The van der Waals surface area contributed by atoms with Crippen LogP contribution in [0.2, 0.25) is 0 Å². The van der Waals surface area contributed by atoms with Crippen LogP contribution in [-0.2, 0) is 10.0 Å². The highest BCUT2D eigenvalue weighted by Gasteiger charge is 2.25. The Morgan fingerprint density at radius 1 is 1.29 bits per heavy atom. The fourth-order valence-corrected chi connectivity index (χ4v) is 3.96. The normalized spacial score (nSPS) is 17.3. The SMILES string of the molecule is CS(=O)(=O)N1CCN(c2nc(NN)nc3sccc23)CC1. The molecule has 8 nitrogen and oxygen atoms in total. The summed E-state index contributed by atoms with van der Waals surface area (Å²) >= 11 is 1.52. The summed E-state index contributed by atoms with van der Waals surface area (Å²) in [6.45, 7) is 2.11. The van der Waals surface area contributed by atoms with E-state index in [1.54, 1.807) is 0 Å². The van der Waals surface area contributed by atoms with E-state index in [0.29, 0.717) is 32.1 Å². The minimum Gasteiger partial charge on any atom is -0.353 e. The third kappa shape index (κ3) is 2.79. The quantitative estimate of drug-likeness (QED) is 0.606. The van der Waals surface area contributed by atoms with Gasteiger partial charge in [0.05, 0.1) is 11.6 Å². The highest BCUT2D eigenvalue weighted by molar-refractivity contribution is 7.88. The molecule has 1 saturated heterocycles. The topological polar surface area (TPSA) is 104 Å². The van der Waals surface area contributed by atoms with Gasteiger partial charge in [0.1, 0.15) is 10.6 Å². The van der Waals surface area contributed by atoms with Crippen LogP contribution in [0.1, 0.15) is 0 Å². The standard InChI is InChI=1S/C11H16N6O2S2/c1-21(18,19)17-5-3-16(4-6-17)9-8-2-7-20-10(8)14-11(13-9)15-12/h2,7H,3-6,12H2,1H3,(H,13,14,15). The first-order valence-electron chi connectivity index (χ1n) is 6.41. The zero-order valence-corrected chi connectivity index (χ0v) is 13.1. The van der Waals surface area contributed by atoms with Gasteiger partial charge < -0.3 is 4.90 Å². The Hall–Kier alpha value is -1.49. The Bertz CT molecular complexity index is 751. The lowest BCUT2D eigenvalue weighted by molar-refractivity contribution is 0.387. The Balaban J connectivity index is 1.90. The average molecular weight is 328 g/mol. The summed E-state index contributed by atoms with van der Waals surface area (Å²) in [5.74, 6) is 6.57. The van der Waals surface area contributed by atoms with Gasteiger partial charge in [-0.1, -0.05) is 0 Å². The summed E-state index contributed by atoms with van der Waals surface area (Å²) in [6.07, 6.45) is 1.24. The van der Waals surface area contributed by atoms with Crippen molar-refractivity contribution in [3.63, 3.8) is 0 Å². The second-order valence-corrected chi connectivity index (χ2v) is 7.68. The van der Waals surface area contributed by atoms with Crippen molar-refractivity contribution in [1.29, 1.82) is 0 Å². The minimum atomic E-state index is -3.13. The maximum absolute atomic E-state index is 11.6. The third-order valence-electron chi connectivity index (χ3n) is 3.44. The first kappa shape index (κ1) is 14.4. The van der Waals surface area contributed by atoms with Gasteiger partial charge >= 0.3 is 0 Å². The first-order valence-corrected chi connectivity index (χ1v) is 9.14. The number of aromatic nitrogens is 2. The van der Waals surface area contributed by atoms with Crippen molar-refractivity contribution in [2.75, 3.05) is 42.8 Å². The zero-order valence-electron chi connectivity index (χ0n) is 11.5. The minimum absolute atomic E-state index is 0.366. The Labute approximate surface area is 126 Å². The molecule has 3 heterocycles. The van der Waals surface area contributed by atoms with Crippen molar-refractivity contribution in [2.45, 2.75) is 0 Å². The number of nitrogens with zero attached hydrogens (tertiary/aromatic N) is 4. The molecule has 0 atom stereocenters. The lowest BCUT2D eigenvalue weighted by Crippen LogP contribution is -2.48. The van der Waals surface area contributed by atoms with Crippen LogP contribution in [-0.4, -0.2) is 55.1 Å². The number of hydrazine groups is 1. The number of nitrogen functional groups attached to an aromatic ring is 1. The molecular formula is C11H16N6O2S2. The summed E-state index contributed by atoms with van der Waals surface area (Å²) in [6, 6.07) is 1.97. The molecule has 3 rings (SSSR count). The van der Waals surface area contributed by atoms with Crippen molar-refractivity contribution in [1.82, 2.24) is 14.3 Å². The number of hydrogen-bond acceptors (Lipinski definition) is 8. The summed E-state index contributed by atoms with van der Waals surface area (Å²) in [4.78, 5) is 11.7. The van der Waals surface area contributed by atoms with Gasteiger partial charge in [-0.2, -0.15) is 9.29 Å². The first-order chi connectivity index (χ1) is 9.99. The second kappa shape index (κ2) is 5.37. The molecule has 0 bridgehead atoms. The third-order valence-corrected chi connectivity index (χ3v) is 5.55. The van der Waals surface area contributed by atoms with Crippen LogP contribution in [0.3, 0.4) is 0 Å². The largest absolute Gasteiger partial charge is 0.353 e. The Kier molecular flexibility index (Phi) is 3.69. The van der Waals surface area contributed by atoms with E-state index in [9.17, 15) is 8.42 Å². The number of hydrogen-bond donors (Lipinski definition) is 2. The fourth-order valence-electron chi connectivity index (χ4n) is 2.38. The van der Waals surface area contributed by atoms with E-state index in [1.165, 1.54) is 21.9 Å². The maximum Gasteiger partial charge on any atom is 0.240 e. The van der Waals surface area contributed by atoms with Gasteiger partial charge in [-0.3, -0.25) is 5.43 Å². The predicted molar refractivity (Wildman–Crippen MR) is 83.9 cm³/mol. The van der Waals surface area contributed by atoms with Gasteiger partial charge in [-0.25, -0.2) is 19.2 Å². The lowest BCUT2D eigenvalue weighted by atomic mass is 10.3. The molecule has 2 aromatic heterocycles. The van der Waals surface area contributed by atoms with Crippen molar-refractivity contribution in [3.05, 3.63) is 11.4 Å². The van der Waals surface area contributed by atoms with Crippen LogP contribution in [0, 0.1) is 0 Å². The number of thiophene rings is 1. The van der Waals surface area contributed by atoms with Crippen LogP contribution in [0.5, 0.6) is 0 Å². The van der Waals surface area contributed by atoms with Crippen molar-refractivity contribution < 1.29 is 8.42 Å². The molecule has 0 unspecified atom stereocenters. The molecule has 0 spiro atoms. The lowest BCUT2D eigenvalue weighted by Gasteiger charge is -2.34. The molecule has 114 valence electrons. The van der Waals surface area contributed by atoms with Gasteiger partial charge in [0.25, 0.3) is 0 Å². The molecule has 0 aromatic carbocycles. The van der Waals surface area contributed by atoms with E-state index in [0.717, 1.165) is 16.0 Å². The number of nitrogens with two attached hydrogens (primary N) is 1. The summed E-state index contributed by atoms with van der Waals surface area (Å²) < 4.78 is 24.6. The molecule has 0 amide bonds. The van der Waals surface area contributed by atoms with E-state index >= 15 is 0 Å². The van der Waals surface area contributed by atoms with Crippen LogP contribution in [0.15, 0.2) is 11.4 Å². The van der Waals surface area contributed by atoms with E-state index in [4.69, 9.17) is 5.84 Å². The molecule has 10 heteroatoms. The van der Waals surface area contributed by atoms with E-state index in [-0.39, 0.29) is 0 Å². The van der Waals surface area contributed by atoms with Crippen molar-refractivity contribution >= 4 is 43.3 Å². The van der Waals surface area contributed by atoms with Crippen LogP contribution < -0.4 is 16.2 Å². The zero-order chi connectivity index (χ0) is 15.0. The van der Waals surface area contributed by atoms with Crippen LogP contribution in [0.4, 0.5) is 11.8 Å². The monoisotopic (exact) mass is 328 g/mol. The molecule has 0 aliphatic carbocycles. The Morgan fingerprint density at radius 3 is 2.62 bits per heavy atom. The second-order valence-electron chi connectivity index (χ2n) is 4.80. The number of anilines is 2. The van der Waals surface area contributed by atoms with Gasteiger partial charge in [0.2, 0.25) is 16.0 Å². The molecule has 0 saturated carbocycles. The summed E-state index contributed by atoms with van der Waals surface area (Å²) in [7, 11) is -3.13. The number of nitrogens with one attached hydrogen (secondary N) is 1. The van der Waals surface area contributed by atoms with Crippen LogP contribution in [0.25, 0.3) is 10.2 Å². The number of rotatable bonds is 3. The highest BCUT2D eigenvalue weighted by Crippen LogP contribution is 2.29. The molecule has 1 fully saturated rings. The average Bonchev–Trinajstić information content (AvgIpc) is 2.93. The smallest absolute Gasteiger partial charge is 0.240 e.